The fraction of sp³-hybridized carbons (Fsp3) is 0.804. The number of nitrogens with zero attached hydrogens (tertiary/aromatic N) is 1. The lowest BCUT2D eigenvalue weighted by Gasteiger charge is -2.24. The van der Waals surface area contributed by atoms with Crippen molar-refractivity contribution in [2.75, 3.05) is 47.5 Å². The number of hydrogen-bond acceptors (Lipinski definition) is 6. The van der Waals surface area contributed by atoms with Crippen LogP contribution in [0.5, 0.6) is 0 Å². The molecule has 0 saturated heterocycles. The highest BCUT2D eigenvalue weighted by atomic mass is 31.2. The van der Waals surface area contributed by atoms with Crippen molar-refractivity contribution in [3.8, 4) is 0 Å². The predicted molar refractivity (Wildman–Crippen MR) is 233 cm³/mol. The summed E-state index contributed by atoms with van der Waals surface area (Å²) in [6, 6.07) is 0. The number of quaternary nitrogens is 1. The van der Waals surface area contributed by atoms with Crippen LogP contribution >= 0.6 is 7.82 Å². The molecule has 0 aromatic rings. The topological polar surface area (TPSA) is 91.3 Å². The molecule has 0 aromatic carbocycles. The van der Waals surface area contributed by atoms with E-state index in [-0.39, 0.29) is 25.8 Å². The number of allylic oxidation sites excluding steroid dienone is 7. The minimum atomic E-state index is -4.27. The first-order chi connectivity index (χ1) is 26.6. The lowest BCUT2D eigenvalue weighted by atomic mass is 10.1. The number of phosphoric ester groups is 1. The Morgan fingerprint density at radius 3 is 1.55 bits per heavy atom. The van der Waals surface area contributed by atoms with Crippen molar-refractivity contribution in [3.63, 3.8) is 0 Å². The molecule has 8 nitrogen and oxygen atoms in total. The quantitative estimate of drug-likeness (QED) is 0.0164. The molecule has 0 saturated carbocycles. The number of unbranched alkanes of at least 4 members (excludes halogenated alkanes) is 21. The molecule has 1 N–H and O–H groups in total. The molecule has 55 heavy (non-hydrogen) atoms. The lowest BCUT2D eigenvalue weighted by molar-refractivity contribution is -0.870. The Morgan fingerprint density at radius 2 is 1.02 bits per heavy atom. The van der Waals surface area contributed by atoms with Gasteiger partial charge in [0.15, 0.2) is 6.10 Å². The van der Waals surface area contributed by atoms with Crippen molar-refractivity contribution >= 4 is 13.8 Å². The van der Waals surface area contributed by atoms with Crippen molar-refractivity contribution in [3.05, 3.63) is 48.8 Å². The van der Waals surface area contributed by atoms with Crippen LogP contribution in [0.3, 0.4) is 0 Å². The average molecular weight is 797 g/mol. The van der Waals surface area contributed by atoms with E-state index in [4.69, 9.17) is 18.5 Å². The molecule has 0 radical (unpaired) electrons. The number of carbonyl (C=O) groups is 1. The Labute approximate surface area is 339 Å². The molecular weight excluding hydrogens is 709 g/mol. The van der Waals surface area contributed by atoms with E-state index in [1.54, 1.807) is 6.26 Å². The normalized spacial score (nSPS) is 14.1. The van der Waals surface area contributed by atoms with Gasteiger partial charge in [-0.15, -0.1) is 0 Å². The van der Waals surface area contributed by atoms with Crippen LogP contribution in [0, 0.1) is 0 Å². The molecule has 0 spiro atoms. The Morgan fingerprint density at radius 1 is 0.582 bits per heavy atom. The second-order valence-electron chi connectivity index (χ2n) is 16.1. The van der Waals surface area contributed by atoms with E-state index in [0.29, 0.717) is 17.4 Å². The molecule has 0 heterocycles. The Kier molecular flexibility index (Phi) is 37.9. The first-order valence-electron chi connectivity index (χ1n) is 22.4. The van der Waals surface area contributed by atoms with Gasteiger partial charge in [0.05, 0.1) is 34.0 Å². The van der Waals surface area contributed by atoms with E-state index in [1.165, 1.54) is 122 Å². The summed E-state index contributed by atoms with van der Waals surface area (Å²) in [5, 5.41) is 0. The summed E-state index contributed by atoms with van der Waals surface area (Å²) in [6.45, 7) is 4.85. The number of carbonyl (C=O) groups excluding carboxylic acids is 1. The number of rotatable bonds is 41. The van der Waals surface area contributed by atoms with Gasteiger partial charge in [-0.05, 0) is 83.1 Å². The molecule has 0 bridgehead atoms. The molecule has 0 aliphatic rings. The summed E-state index contributed by atoms with van der Waals surface area (Å²) < 4.78 is 34.8. The van der Waals surface area contributed by atoms with Gasteiger partial charge in [-0.25, -0.2) is 4.57 Å². The molecule has 0 aromatic heterocycles. The van der Waals surface area contributed by atoms with E-state index >= 15 is 0 Å². The van der Waals surface area contributed by atoms with Gasteiger partial charge in [-0.3, -0.25) is 13.8 Å². The van der Waals surface area contributed by atoms with Gasteiger partial charge in [-0.2, -0.15) is 0 Å². The monoisotopic (exact) mass is 797 g/mol. The number of likely N-dealkylation sites (N-methyl/N-ethyl adjacent to an activating group) is 1. The summed E-state index contributed by atoms with van der Waals surface area (Å²) in [4.78, 5) is 22.7. The van der Waals surface area contributed by atoms with Crippen molar-refractivity contribution in [2.24, 2.45) is 0 Å². The van der Waals surface area contributed by atoms with Crippen molar-refractivity contribution in [1.82, 2.24) is 0 Å². The molecule has 322 valence electrons. The maximum Gasteiger partial charge on any atom is 0.472 e. The smallest absolute Gasteiger partial charge is 0.472 e. The van der Waals surface area contributed by atoms with Crippen LogP contribution < -0.4 is 0 Å². The van der Waals surface area contributed by atoms with Crippen molar-refractivity contribution < 1.29 is 37.3 Å². The summed E-state index contributed by atoms with van der Waals surface area (Å²) in [6.07, 6.45) is 48.1. The van der Waals surface area contributed by atoms with Gasteiger partial charge in [0.25, 0.3) is 0 Å². The van der Waals surface area contributed by atoms with Crippen LogP contribution in [-0.2, 0) is 27.9 Å². The number of phosphoric acid groups is 1. The first kappa shape index (κ1) is 53.3. The zero-order valence-corrected chi connectivity index (χ0v) is 37.3. The molecule has 2 unspecified atom stereocenters. The van der Waals surface area contributed by atoms with Crippen LogP contribution in [0.1, 0.15) is 187 Å². The van der Waals surface area contributed by atoms with Crippen molar-refractivity contribution in [2.45, 2.75) is 193 Å². The maximum absolute atomic E-state index is 12.5. The molecule has 0 fully saturated rings. The standard InChI is InChI=1S/C46H86NO7P/c1-6-8-10-12-14-16-18-20-22-24-25-27-29-31-33-35-37-39-46(48)52-43-45(44-54-55(49,50)53-42-40-47(3,4)5)51-41-38-36-34-32-30-28-26-23-21-19-17-15-13-11-9-7-2/h14,16-17,19-20,22,38,41,45H,6-13,15,18,21,23-37,39-40,42-44H2,1-5H3/p+1/b16-14-,19-17-,22-20-,41-38-. The second-order valence-corrected chi connectivity index (χ2v) is 17.6. The minimum absolute atomic E-state index is 0.0558. The highest BCUT2D eigenvalue weighted by Gasteiger charge is 2.25. The molecule has 9 heteroatoms. The van der Waals surface area contributed by atoms with E-state index in [9.17, 15) is 14.3 Å². The zero-order valence-electron chi connectivity index (χ0n) is 36.4. The zero-order chi connectivity index (χ0) is 40.6. The first-order valence-corrected chi connectivity index (χ1v) is 23.9. The summed E-state index contributed by atoms with van der Waals surface area (Å²) >= 11 is 0. The Bertz CT molecular complexity index is 1020. The average Bonchev–Trinajstić information content (AvgIpc) is 3.14. The van der Waals surface area contributed by atoms with Gasteiger partial charge in [0.2, 0.25) is 0 Å². The van der Waals surface area contributed by atoms with Gasteiger partial charge in [0, 0.05) is 6.42 Å². The van der Waals surface area contributed by atoms with Crippen molar-refractivity contribution in [1.29, 1.82) is 0 Å². The fourth-order valence-electron chi connectivity index (χ4n) is 5.85. The van der Waals surface area contributed by atoms with Gasteiger partial charge in [-0.1, -0.05) is 140 Å². The molecule has 0 amide bonds. The Hall–Kier alpha value is -1.70. The summed E-state index contributed by atoms with van der Waals surface area (Å²) in [7, 11) is 1.66. The highest BCUT2D eigenvalue weighted by Crippen LogP contribution is 2.43. The molecule has 0 rings (SSSR count). The van der Waals surface area contributed by atoms with E-state index in [0.717, 1.165) is 44.9 Å². The lowest BCUT2D eigenvalue weighted by Crippen LogP contribution is -2.37. The summed E-state index contributed by atoms with van der Waals surface area (Å²) in [5.74, 6) is -0.287. The van der Waals surface area contributed by atoms with Crippen LogP contribution in [0.15, 0.2) is 48.8 Å². The highest BCUT2D eigenvalue weighted by molar-refractivity contribution is 7.47. The molecule has 2 atom stereocenters. The third-order valence-electron chi connectivity index (χ3n) is 9.45. The van der Waals surface area contributed by atoms with Crippen LogP contribution in [0.25, 0.3) is 0 Å². The summed E-state index contributed by atoms with van der Waals surface area (Å²) in [5.41, 5.74) is 0. The van der Waals surface area contributed by atoms with Crippen LogP contribution in [0.2, 0.25) is 0 Å². The van der Waals surface area contributed by atoms with E-state index < -0.39 is 13.9 Å². The van der Waals surface area contributed by atoms with E-state index in [2.05, 4.69) is 50.3 Å². The number of hydrogen-bond donors (Lipinski definition) is 1. The van der Waals surface area contributed by atoms with Gasteiger partial charge < -0.3 is 18.9 Å². The molecule has 0 aliphatic carbocycles. The SMILES string of the molecule is CCCCC/C=C\C/C=C\CCCCCCCCCC(=O)OCC(COP(=O)(O)OCC[N+](C)(C)C)O/C=C\CCCCCCCC/C=C\CCCCCC. The molecular formula is C46H87NO7P+. The van der Waals surface area contributed by atoms with Crippen LogP contribution in [0.4, 0.5) is 0 Å². The van der Waals surface area contributed by atoms with Crippen LogP contribution in [-0.4, -0.2) is 69.0 Å². The second kappa shape index (κ2) is 39.1. The Balaban J connectivity index is 4.29. The fourth-order valence-corrected chi connectivity index (χ4v) is 6.60. The van der Waals surface area contributed by atoms with E-state index in [1.807, 2.05) is 27.2 Å². The maximum atomic E-state index is 12.5. The number of esters is 1. The minimum Gasteiger partial charge on any atom is -0.492 e. The van der Waals surface area contributed by atoms with Gasteiger partial charge >= 0.3 is 13.8 Å². The predicted octanol–water partition coefficient (Wildman–Crippen LogP) is 13.5. The van der Waals surface area contributed by atoms with Gasteiger partial charge in [0.1, 0.15) is 19.8 Å². The number of ether oxygens (including phenoxy) is 2. The third kappa shape index (κ3) is 43.3. The largest absolute Gasteiger partial charge is 0.492 e. The third-order valence-corrected chi connectivity index (χ3v) is 10.4. The molecule has 0 aliphatic heterocycles.